The maximum Gasteiger partial charge on any atom is 0.159 e. The molecule has 2 N–H and O–H groups in total. The highest BCUT2D eigenvalue weighted by molar-refractivity contribution is 5.96. The van der Waals surface area contributed by atoms with Gasteiger partial charge in [0.05, 0.1) is 41.0 Å². The molecule has 0 aliphatic carbocycles. The van der Waals surface area contributed by atoms with Gasteiger partial charge in [0.15, 0.2) is 5.82 Å². The van der Waals surface area contributed by atoms with Crippen LogP contribution in [0.2, 0.25) is 0 Å². The zero-order valence-corrected chi connectivity index (χ0v) is 16.3. The van der Waals surface area contributed by atoms with E-state index < -0.39 is 0 Å². The number of anilines is 1. The van der Waals surface area contributed by atoms with Gasteiger partial charge in [0.25, 0.3) is 0 Å². The molecule has 1 aliphatic rings. The minimum Gasteiger partial charge on any atom is -0.368 e. The largest absolute Gasteiger partial charge is 0.368 e. The van der Waals surface area contributed by atoms with E-state index in [2.05, 4.69) is 35.0 Å². The molecule has 0 bridgehead atoms. The van der Waals surface area contributed by atoms with Gasteiger partial charge in [-0.1, -0.05) is 0 Å². The molecule has 6 heterocycles. The van der Waals surface area contributed by atoms with Gasteiger partial charge in [-0.25, -0.2) is 4.98 Å². The normalized spacial score (nSPS) is 14.6. The van der Waals surface area contributed by atoms with Crippen molar-refractivity contribution in [3.05, 3.63) is 49.2 Å². The van der Waals surface area contributed by atoms with E-state index in [1.54, 1.807) is 12.4 Å². The minimum absolute atomic E-state index is 0.728. The number of nitrogens with one attached hydrogen (secondary N) is 2. The van der Waals surface area contributed by atoms with Crippen LogP contribution in [-0.4, -0.2) is 48.2 Å². The van der Waals surface area contributed by atoms with Crippen LogP contribution in [0.3, 0.4) is 0 Å². The second-order valence-corrected chi connectivity index (χ2v) is 7.62. The van der Waals surface area contributed by atoms with Gasteiger partial charge in [0.2, 0.25) is 0 Å². The molecule has 5 aromatic rings. The Bertz CT molecular complexity index is 1330. The Morgan fingerprint density at radius 3 is 2.73 bits per heavy atom. The summed E-state index contributed by atoms with van der Waals surface area (Å²) in [4.78, 5) is 23.9. The summed E-state index contributed by atoms with van der Waals surface area (Å²) in [6.07, 6.45) is 12.8. The van der Waals surface area contributed by atoms with Crippen LogP contribution >= 0.6 is 0 Å². The van der Waals surface area contributed by atoms with Crippen molar-refractivity contribution in [2.24, 2.45) is 0 Å². The summed E-state index contributed by atoms with van der Waals surface area (Å²) >= 11 is 0. The molecule has 1 aliphatic heterocycles. The highest BCUT2D eigenvalue weighted by Gasteiger charge is 2.19. The molecule has 6 rings (SSSR count). The monoisotopic (exact) mass is 396 g/mol. The van der Waals surface area contributed by atoms with E-state index in [0.717, 1.165) is 63.5 Å². The van der Waals surface area contributed by atoms with Gasteiger partial charge in [0.1, 0.15) is 11.2 Å². The molecular formula is C22H20N8. The fraction of sp³-hybridized carbons (Fsp3) is 0.227. The van der Waals surface area contributed by atoms with Gasteiger partial charge in [0, 0.05) is 36.4 Å². The van der Waals surface area contributed by atoms with E-state index in [1.807, 2.05) is 36.8 Å². The fourth-order valence-corrected chi connectivity index (χ4v) is 4.17. The summed E-state index contributed by atoms with van der Waals surface area (Å²) in [6.45, 7) is 2.10. The van der Waals surface area contributed by atoms with Crippen molar-refractivity contribution < 1.29 is 0 Å². The zero-order valence-electron chi connectivity index (χ0n) is 16.3. The number of piperidine rings is 1. The van der Waals surface area contributed by atoms with Crippen LogP contribution in [0.4, 0.5) is 5.69 Å². The average molecular weight is 396 g/mol. The van der Waals surface area contributed by atoms with Crippen molar-refractivity contribution in [2.45, 2.75) is 19.3 Å². The predicted octanol–water partition coefficient (Wildman–Crippen LogP) is 3.95. The SMILES string of the molecule is c1cncc(-c2cc3c(-c4nc5c(N6CCCCC6)cncc5[nH]4)n[nH]c3cn2)c1. The average Bonchev–Trinajstić information content (AvgIpc) is 3.43. The van der Waals surface area contributed by atoms with Gasteiger partial charge in [-0.2, -0.15) is 5.10 Å². The molecule has 0 unspecified atom stereocenters. The first-order valence-corrected chi connectivity index (χ1v) is 10.2. The third-order valence-electron chi connectivity index (χ3n) is 5.70. The number of aromatic amines is 2. The lowest BCUT2D eigenvalue weighted by Gasteiger charge is -2.28. The molecule has 1 saturated heterocycles. The van der Waals surface area contributed by atoms with E-state index in [0.29, 0.717) is 0 Å². The van der Waals surface area contributed by atoms with Crippen molar-refractivity contribution in [1.82, 2.24) is 35.1 Å². The Labute approximate surface area is 172 Å². The van der Waals surface area contributed by atoms with Gasteiger partial charge in [-0.05, 0) is 37.5 Å². The van der Waals surface area contributed by atoms with Crippen LogP contribution in [0, 0.1) is 0 Å². The summed E-state index contributed by atoms with van der Waals surface area (Å²) in [5, 5.41) is 8.57. The third kappa shape index (κ3) is 2.80. The standard InChI is InChI=1S/C22H20N8/c1-2-7-30(8-3-1)19-13-24-11-18-21(19)27-22(26-18)20-15-9-16(14-5-4-6-23-10-14)25-12-17(15)28-29-20/h4-6,9-13H,1-3,7-8H2,(H,26,27)(H,28,29). The highest BCUT2D eigenvalue weighted by atomic mass is 15.2. The first-order chi connectivity index (χ1) is 14.9. The van der Waals surface area contributed by atoms with E-state index in [-0.39, 0.29) is 0 Å². The van der Waals surface area contributed by atoms with E-state index in [4.69, 9.17) is 4.98 Å². The molecule has 0 spiro atoms. The molecule has 148 valence electrons. The molecule has 8 nitrogen and oxygen atoms in total. The van der Waals surface area contributed by atoms with Gasteiger partial charge in [-0.3, -0.25) is 20.1 Å². The number of hydrogen-bond donors (Lipinski definition) is 2. The zero-order chi connectivity index (χ0) is 19.9. The maximum absolute atomic E-state index is 4.93. The van der Waals surface area contributed by atoms with E-state index >= 15 is 0 Å². The summed E-state index contributed by atoms with van der Waals surface area (Å²) < 4.78 is 0. The van der Waals surface area contributed by atoms with Crippen molar-refractivity contribution in [3.63, 3.8) is 0 Å². The second kappa shape index (κ2) is 6.91. The Balaban J connectivity index is 1.47. The number of fused-ring (bicyclic) bond motifs is 2. The van der Waals surface area contributed by atoms with Crippen LogP contribution in [0.5, 0.6) is 0 Å². The lowest BCUT2D eigenvalue weighted by Crippen LogP contribution is -2.29. The second-order valence-electron chi connectivity index (χ2n) is 7.62. The molecule has 0 aromatic carbocycles. The fourth-order valence-electron chi connectivity index (χ4n) is 4.17. The lowest BCUT2D eigenvalue weighted by molar-refractivity contribution is 0.578. The molecule has 5 aromatic heterocycles. The van der Waals surface area contributed by atoms with Gasteiger partial charge < -0.3 is 9.88 Å². The van der Waals surface area contributed by atoms with Crippen LogP contribution in [0.1, 0.15) is 19.3 Å². The summed E-state index contributed by atoms with van der Waals surface area (Å²) in [7, 11) is 0. The maximum atomic E-state index is 4.93. The highest BCUT2D eigenvalue weighted by Crippen LogP contribution is 2.32. The first-order valence-electron chi connectivity index (χ1n) is 10.2. The van der Waals surface area contributed by atoms with Crippen molar-refractivity contribution in [3.8, 4) is 22.8 Å². The van der Waals surface area contributed by atoms with Crippen LogP contribution in [-0.2, 0) is 0 Å². The molecule has 8 heteroatoms. The number of rotatable bonds is 3. The van der Waals surface area contributed by atoms with E-state index in [9.17, 15) is 0 Å². The molecule has 0 saturated carbocycles. The van der Waals surface area contributed by atoms with Crippen molar-refractivity contribution in [1.29, 1.82) is 0 Å². The Kier molecular flexibility index (Phi) is 3.93. The molecule has 0 amide bonds. The molecule has 0 radical (unpaired) electrons. The van der Waals surface area contributed by atoms with Crippen LogP contribution in [0.25, 0.3) is 44.7 Å². The minimum atomic E-state index is 0.728. The Morgan fingerprint density at radius 1 is 0.933 bits per heavy atom. The predicted molar refractivity (Wildman–Crippen MR) is 116 cm³/mol. The molecule has 0 atom stereocenters. The quantitative estimate of drug-likeness (QED) is 0.479. The van der Waals surface area contributed by atoms with Crippen LogP contribution < -0.4 is 4.90 Å². The Morgan fingerprint density at radius 2 is 1.87 bits per heavy atom. The number of pyridine rings is 3. The summed E-state index contributed by atoms with van der Waals surface area (Å²) in [5.74, 6) is 0.728. The Hall–Kier alpha value is -3.81. The van der Waals surface area contributed by atoms with Gasteiger partial charge in [-0.15, -0.1) is 0 Å². The number of aromatic nitrogens is 7. The van der Waals surface area contributed by atoms with Crippen molar-refractivity contribution >= 4 is 27.6 Å². The third-order valence-corrected chi connectivity index (χ3v) is 5.70. The number of H-pyrrole nitrogens is 2. The first kappa shape index (κ1) is 17.1. The number of imidazole rings is 1. The van der Waals surface area contributed by atoms with E-state index in [1.165, 1.54) is 19.3 Å². The van der Waals surface area contributed by atoms with Crippen molar-refractivity contribution in [2.75, 3.05) is 18.0 Å². The molecular weight excluding hydrogens is 376 g/mol. The smallest absolute Gasteiger partial charge is 0.159 e. The molecule has 30 heavy (non-hydrogen) atoms. The number of hydrogen-bond acceptors (Lipinski definition) is 6. The molecule has 1 fully saturated rings. The lowest BCUT2D eigenvalue weighted by atomic mass is 10.1. The topological polar surface area (TPSA) is 99.3 Å². The summed E-state index contributed by atoms with van der Waals surface area (Å²) in [6, 6.07) is 5.94. The number of nitrogens with zero attached hydrogens (tertiary/aromatic N) is 6. The summed E-state index contributed by atoms with van der Waals surface area (Å²) in [5.41, 5.74) is 6.42. The van der Waals surface area contributed by atoms with Crippen LogP contribution in [0.15, 0.2) is 49.2 Å². The van der Waals surface area contributed by atoms with Gasteiger partial charge >= 0.3 is 0 Å².